The van der Waals surface area contributed by atoms with Gasteiger partial charge >= 0.3 is 6.18 Å². The van der Waals surface area contributed by atoms with E-state index in [1.807, 2.05) is 0 Å². The quantitative estimate of drug-likeness (QED) is 0.866. The number of rotatable bonds is 3. The molecule has 90 valence electrons. The third kappa shape index (κ3) is 3.06. The summed E-state index contributed by atoms with van der Waals surface area (Å²) in [6.07, 6.45) is -4.65. The van der Waals surface area contributed by atoms with Crippen LogP contribution in [-0.4, -0.2) is 27.3 Å². The average molecular weight is 236 g/mol. The van der Waals surface area contributed by atoms with Gasteiger partial charge in [-0.1, -0.05) is 0 Å². The number of hydrogen-bond donors (Lipinski definition) is 1. The summed E-state index contributed by atoms with van der Waals surface area (Å²) in [4.78, 5) is 6.69. The molecule has 0 aliphatic heterocycles. The maximum absolute atomic E-state index is 12.5. The first kappa shape index (κ1) is 12.7. The van der Waals surface area contributed by atoms with Crippen molar-refractivity contribution in [3.05, 3.63) is 18.1 Å². The molecular formula is C9H11F3N2O2. The van der Waals surface area contributed by atoms with E-state index >= 15 is 0 Å². The summed E-state index contributed by atoms with van der Waals surface area (Å²) in [6.45, 7) is 2.87. The highest BCUT2D eigenvalue weighted by Gasteiger charge is 2.36. The zero-order valence-electron chi connectivity index (χ0n) is 8.69. The van der Waals surface area contributed by atoms with Crippen molar-refractivity contribution in [2.24, 2.45) is 0 Å². The van der Waals surface area contributed by atoms with Gasteiger partial charge in [-0.25, -0.2) is 9.97 Å². The van der Waals surface area contributed by atoms with Gasteiger partial charge in [-0.15, -0.1) is 0 Å². The van der Waals surface area contributed by atoms with Crippen LogP contribution in [0.2, 0.25) is 0 Å². The van der Waals surface area contributed by atoms with E-state index in [1.54, 1.807) is 0 Å². The number of aliphatic hydroxyl groups is 1. The molecule has 1 aromatic rings. The largest absolute Gasteiger partial charge is 0.471 e. The van der Waals surface area contributed by atoms with Crippen LogP contribution in [0.3, 0.4) is 0 Å². The Morgan fingerprint density at radius 3 is 2.50 bits per heavy atom. The van der Waals surface area contributed by atoms with Crippen LogP contribution in [0, 0.1) is 0 Å². The fourth-order valence-electron chi connectivity index (χ4n) is 0.881. The zero-order chi connectivity index (χ0) is 12.3. The molecule has 7 heteroatoms. The van der Waals surface area contributed by atoms with Gasteiger partial charge in [0.1, 0.15) is 18.0 Å². The van der Waals surface area contributed by atoms with Crippen molar-refractivity contribution < 1.29 is 23.0 Å². The standard InChI is InChI=1S/C9H11F3N2O2/c1-5(15)6(2)16-8-7(9(10,11)12)3-13-4-14-8/h3-6,15H,1-2H3/t5-,6-/m1/s1. The molecule has 0 aliphatic carbocycles. The van der Waals surface area contributed by atoms with Crippen LogP contribution in [0.4, 0.5) is 13.2 Å². The number of hydrogen-bond acceptors (Lipinski definition) is 4. The molecule has 1 N–H and O–H groups in total. The number of aromatic nitrogens is 2. The Kier molecular flexibility index (Phi) is 3.69. The molecule has 1 rings (SSSR count). The second kappa shape index (κ2) is 4.65. The van der Waals surface area contributed by atoms with E-state index < -0.39 is 29.8 Å². The van der Waals surface area contributed by atoms with Gasteiger partial charge in [-0.3, -0.25) is 0 Å². The van der Waals surface area contributed by atoms with Gasteiger partial charge in [0.25, 0.3) is 0 Å². The fourth-order valence-corrected chi connectivity index (χ4v) is 0.881. The highest BCUT2D eigenvalue weighted by atomic mass is 19.4. The maximum atomic E-state index is 12.5. The van der Waals surface area contributed by atoms with E-state index in [9.17, 15) is 13.2 Å². The van der Waals surface area contributed by atoms with Gasteiger partial charge in [0, 0.05) is 6.20 Å². The number of nitrogens with zero attached hydrogens (tertiary/aromatic N) is 2. The molecule has 0 fully saturated rings. The van der Waals surface area contributed by atoms with Crippen LogP contribution in [0.1, 0.15) is 19.4 Å². The molecule has 0 spiro atoms. The summed E-state index contributed by atoms with van der Waals surface area (Å²) in [7, 11) is 0. The van der Waals surface area contributed by atoms with Crippen molar-refractivity contribution in [2.45, 2.75) is 32.2 Å². The third-order valence-electron chi connectivity index (χ3n) is 1.96. The monoisotopic (exact) mass is 236 g/mol. The van der Waals surface area contributed by atoms with Crippen molar-refractivity contribution >= 4 is 0 Å². The van der Waals surface area contributed by atoms with Crippen molar-refractivity contribution in [1.29, 1.82) is 0 Å². The topological polar surface area (TPSA) is 55.2 Å². The Morgan fingerprint density at radius 2 is 2.00 bits per heavy atom. The van der Waals surface area contributed by atoms with Gasteiger partial charge < -0.3 is 9.84 Å². The first-order chi connectivity index (χ1) is 7.32. The van der Waals surface area contributed by atoms with Gasteiger partial charge in [0.05, 0.1) is 6.10 Å². The minimum absolute atomic E-state index is 0.573. The van der Waals surface area contributed by atoms with Crippen LogP contribution >= 0.6 is 0 Å². The second-order valence-electron chi connectivity index (χ2n) is 3.30. The average Bonchev–Trinajstić information content (AvgIpc) is 2.16. The van der Waals surface area contributed by atoms with E-state index in [2.05, 4.69) is 9.97 Å². The molecule has 1 aromatic heterocycles. The van der Waals surface area contributed by atoms with E-state index in [-0.39, 0.29) is 0 Å². The Balaban J connectivity index is 2.96. The van der Waals surface area contributed by atoms with Gasteiger partial charge in [0.2, 0.25) is 5.88 Å². The summed E-state index contributed by atoms with van der Waals surface area (Å²) < 4.78 is 42.3. The second-order valence-corrected chi connectivity index (χ2v) is 3.30. The SMILES string of the molecule is C[C@@H](O)[C@@H](C)Oc1ncncc1C(F)(F)F. The molecular weight excluding hydrogens is 225 g/mol. The summed E-state index contributed by atoms with van der Waals surface area (Å²) >= 11 is 0. The molecule has 0 saturated heterocycles. The fraction of sp³-hybridized carbons (Fsp3) is 0.556. The lowest BCUT2D eigenvalue weighted by Crippen LogP contribution is -2.27. The maximum Gasteiger partial charge on any atom is 0.423 e. The minimum Gasteiger partial charge on any atom is -0.471 e. The molecule has 2 atom stereocenters. The number of ether oxygens (including phenoxy) is 1. The van der Waals surface area contributed by atoms with E-state index in [0.29, 0.717) is 6.20 Å². The summed E-state index contributed by atoms with van der Waals surface area (Å²) in [5, 5.41) is 9.13. The van der Waals surface area contributed by atoms with Crippen molar-refractivity contribution in [3.8, 4) is 5.88 Å². The predicted octanol–water partition coefficient (Wildman–Crippen LogP) is 1.64. The normalized spacial score (nSPS) is 15.6. The lowest BCUT2D eigenvalue weighted by molar-refractivity contribution is -0.140. The van der Waals surface area contributed by atoms with E-state index in [4.69, 9.17) is 9.84 Å². The molecule has 4 nitrogen and oxygen atoms in total. The van der Waals surface area contributed by atoms with Gasteiger partial charge in [-0.05, 0) is 13.8 Å². The molecule has 1 heterocycles. The molecule has 0 radical (unpaired) electrons. The molecule has 0 saturated carbocycles. The van der Waals surface area contributed by atoms with E-state index in [0.717, 1.165) is 6.33 Å². The van der Waals surface area contributed by atoms with Crippen LogP contribution in [0.25, 0.3) is 0 Å². The molecule has 0 amide bonds. The minimum atomic E-state index is -4.57. The predicted molar refractivity (Wildman–Crippen MR) is 48.8 cm³/mol. The summed E-state index contributed by atoms with van der Waals surface area (Å²) in [5.74, 6) is -0.573. The number of aliphatic hydroxyl groups excluding tert-OH is 1. The van der Waals surface area contributed by atoms with Crippen molar-refractivity contribution in [1.82, 2.24) is 9.97 Å². The number of alkyl halides is 3. The van der Waals surface area contributed by atoms with Crippen LogP contribution in [-0.2, 0) is 6.18 Å². The number of halogens is 3. The van der Waals surface area contributed by atoms with Crippen LogP contribution in [0.15, 0.2) is 12.5 Å². The van der Waals surface area contributed by atoms with Gasteiger partial charge in [-0.2, -0.15) is 13.2 Å². The first-order valence-electron chi connectivity index (χ1n) is 4.54. The van der Waals surface area contributed by atoms with E-state index in [1.165, 1.54) is 13.8 Å². The highest BCUT2D eigenvalue weighted by Crippen LogP contribution is 2.34. The third-order valence-corrected chi connectivity index (χ3v) is 1.96. The van der Waals surface area contributed by atoms with Gasteiger partial charge in [0.15, 0.2) is 0 Å². The summed E-state index contributed by atoms with van der Waals surface area (Å²) in [5.41, 5.74) is -1.05. The zero-order valence-corrected chi connectivity index (χ0v) is 8.69. The van der Waals surface area contributed by atoms with Crippen molar-refractivity contribution in [3.63, 3.8) is 0 Å². The molecule has 0 unspecified atom stereocenters. The van der Waals surface area contributed by atoms with Crippen LogP contribution in [0.5, 0.6) is 5.88 Å². The van der Waals surface area contributed by atoms with Crippen molar-refractivity contribution in [2.75, 3.05) is 0 Å². The molecule has 0 aromatic carbocycles. The Bertz CT molecular complexity index is 355. The first-order valence-corrected chi connectivity index (χ1v) is 4.54. The highest BCUT2D eigenvalue weighted by molar-refractivity contribution is 5.25. The molecule has 0 bridgehead atoms. The summed E-state index contributed by atoms with van der Waals surface area (Å²) in [6, 6.07) is 0. The molecule has 0 aliphatic rings. The Hall–Kier alpha value is -1.37. The lowest BCUT2D eigenvalue weighted by atomic mass is 10.2. The Morgan fingerprint density at radius 1 is 1.38 bits per heavy atom. The smallest absolute Gasteiger partial charge is 0.423 e. The van der Waals surface area contributed by atoms with Crippen LogP contribution < -0.4 is 4.74 Å². The lowest BCUT2D eigenvalue weighted by Gasteiger charge is -2.18. The Labute approximate surface area is 90.1 Å². The molecule has 16 heavy (non-hydrogen) atoms.